The van der Waals surface area contributed by atoms with Crippen molar-refractivity contribution in [3.63, 3.8) is 0 Å². The fourth-order valence-corrected chi connectivity index (χ4v) is 2.49. The van der Waals surface area contributed by atoms with Crippen molar-refractivity contribution < 1.29 is 9.72 Å². The quantitative estimate of drug-likeness (QED) is 0.654. The Morgan fingerprint density at radius 2 is 2.29 bits per heavy atom. The number of rotatable bonds is 4. The van der Waals surface area contributed by atoms with E-state index in [2.05, 4.69) is 10.6 Å². The molecule has 0 saturated carbocycles. The number of hydrogen-bond donors (Lipinski definition) is 2. The van der Waals surface area contributed by atoms with E-state index in [0.29, 0.717) is 12.5 Å². The first-order valence-electron chi connectivity index (χ1n) is 6.51. The van der Waals surface area contributed by atoms with Crippen molar-refractivity contribution in [1.82, 2.24) is 10.6 Å². The number of nitro groups is 1. The summed E-state index contributed by atoms with van der Waals surface area (Å²) in [4.78, 5) is 22.1. The van der Waals surface area contributed by atoms with Crippen molar-refractivity contribution in [2.24, 2.45) is 5.92 Å². The summed E-state index contributed by atoms with van der Waals surface area (Å²) in [5, 5.41) is 16.8. The number of piperidine rings is 1. The summed E-state index contributed by atoms with van der Waals surface area (Å²) >= 11 is 5.91. The zero-order valence-electron chi connectivity index (χ0n) is 11.3. The molecule has 0 aliphatic carbocycles. The van der Waals surface area contributed by atoms with Crippen LogP contribution in [-0.4, -0.2) is 30.5 Å². The second-order valence-corrected chi connectivity index (χ2v) is 5.25. The fraction of sp³-hybridized carbons (Fsp3) is 0.462. The molecule has 1 unspecified atom stereocenters. The van der Waals surface area contributed by atoms with Gasteiger partial charge in [-0.2, -0.15) is 0 Å². The van der Waals surface area contributed by atoms with Crippen LogP contribution < -0.4 is 10.6 Å². The minimum atomic E-state index is -0.540. The Balaban J connectivity index is 0.00000220. The van der Waals surface area contributed by atoms with Crippen LogP contribution in [0.4, 0.5) is 5.69 Å². The zero-order chi connectivity index (χ0) is 14.5. The lowest BCUT2D eigenvalue weighted by molar-refractivity contribution is -0.384. The van der Waals surface area contributed by atoms with E-state index in [1.807, 2.05) is 0 Å². The molecular formula is C13H17Cl2N3O3. The first-order valence-corrected chi connectivity index (χ1v) is 6.88. The Morgan fingerprint density at radius 3 is 2.86 bits per heavy atom. The molecule has 21 heavy (non-hydrogen) atoms. The minimum absolute atomic E-state index is 0. The number of halogens is 2. The van der Waals surface area contributed by atoms with Crippen molar-refractivity contribution in [3.05, 3.63) is 38.9 Å². The number of carbonyl (C=O) groups excluding carboxylic acids is 1. The monoisotopic (exact) mass is 333 g/mol. The summed E-state index contributed by atoms with van der Waals surface area (Å²) in [5.41, 5.74) is 0.143. The van der Waals surface area contributed by atoms with Crippen molar-refractivity contribution >= 4 is 35.6 Å². The molecule has 1 heterocycles. The van der Waals surface area contributed by atoms with Crippen molar-refractivity contribution in [2.75, 3.05) is 19.6 Å². The van der Waals surface area contributed by atoms with Gasteiger partial charge in [-0.15, -0.1) is 12.4 Å². The number of hydrogen-bond acceptors (Lipinski definition) is 4. The molecule has 0 aromatic heterocycles. The minimum Gasteiger partial charge on any atom is -0.352 e. The molecule has 2 rings (SSSR count). The molecule has 1 aliphatic heterocycles. The van der Waals surface area contributed by atoms with E-state index in [4.69, 9.17) is 11.6 Å². The van der Waals surface area contributed by atoms with E-state index in [1.165, 1.54) is 18.2 Å². The molecule has 2 N–H and O–H groups in total. The summed E-state index contributed by atoms with van der Waals surface area (Å²) < 4.78 is 0. The van der Waals surface area contributed by atoms with Crippen LogP contribution in [0.15, 0.2) is 18.2 Å². The molecule has 1 aromatic rings. The number of benzene rings is 1. The maximum Gasteiger partial charge on any atom is 0.270 e. The van der Waals surface area contributed by atoms with Crippen LogP contribution in [0.25, 0.3) is 0 Å². The third-order valence-corrected chi connectivity index (χ3v) is 3.67. The van der Waals surface area contributed by atoms with Gasteiger partial charge in [0.25, 0.3) is 11.6 Å². The van der Waals surface area contributed by atoms with Gasteiger partial charge in [-0.3, -0.25) is 14.9 Å². The maximum atomic E-state index is 12.0. The van der Waals surface area contributed by atoms with E-state index in [0.717, 1.165) is 25.9 Å². The van der Waals surface area contributed by atoms with Crippen LogP contribution in [0.1, 0.15) is 23.2 Å². The maximum absolute atomic E-state index is 12.0. The fourth-order valence-electron chi connectivity index (χ4n) is 2.23. The first kappa shape index (κ1) is 17.7. The van der Waals surface area contributed by atoms with Crippen LogP contribution in [0.2, 0.25) is 5.02 Å². The molecule has 1 saturated heterocycles. The Morgan fingerprint density at radius 1 is 1.52 bits per heavy atom. The molecule has 1 fully saturated rings. The highest BCUT2D eigenvalue weighted by Gasteiger charge is 2.17. The number of nitrogens with zero attached hydrogens (tertiary/aromatic N) is 1. The molecule has 0 spiro atoms. The summed E-state index contributed by atoms with van der Waals surface area (Å²) in [6.45, 7) is 2.51. The van der Waals surface area contributed by atoms with Gasteiger partial charge in [0.1, 0.15) is 0 Å². The Kier molecular flexibility index (Phi) is 6.87. The predicted octanol–water partition coefficient (Wildman–Crippen LogP) is 2.40. The molecule has 1 atom stereocenters. The second-order valence-electron chi connectivity index (χ2n) is 4.84. The smallest absolute Gasteiger partial charge is 0.270 e. The van der Waals surface area contributed by atoms with Gasteiger partial charge in [-0.1, -0.05) is 11.6 Å². The molecule has 116 valence electrons. The number of nitro benzene ring substituents is 1. The van der Waals surface area contributed by atoms with Gasteiger partial charge in [0.2, 0.25) is 0 Å². The Labute approximate surface area is 133 Å². The molecule has 0 bridgehead atoms. The Bertz CT molecular complexity index is 519. The lowest BCUT2D eigenvalue weighted by Gasteiger charge is -2.22. The third-order valence-electron chi connectivity index (χ3n) is 3.36. The highest BCUT2D eigenvalue weighted by molar-refractivity contribution is 6.34. The number of nitrogens with one attached hydrogen (secondary N) is 2. The standard InChI is InChI=1S/C13H16ClN3O3.ClH/c14-12-6-10(17(19)20)3-4-11(12)13(18)16-8-9-2-1-5-15-7-9;/h3-4,6,9,15H,1-2,5,7-8H2,(H,16,18);1H. The molecule has 0 radical (unpaired) electrons. The Hall–Kier alpha value is -1.37. The number of amides is 1. The van der Waals surface area contributed by atoms with Gasteiger partial charge in [-0.25, -0.2) is 0 Å². The van der Waals surface area contributed by atoms with Gasteiger partial charge in [-0.05, 0) is 37.9 Å². The summed E-state index contributed by atoms with van der Waals surface area (Å²) in [5.74, 6) is 0.125. The van der Waals surface area contributed by atoms with Gasteiger partial charge in [0.05, 0.1) is 15.5 Å². The van der Waals surface area contributed by atoms with Crippen molar-refractivity contribution in [1.29, 1.82) is 0 Å². The highest BCUT2D eigenvalue weighted by Crippen LogP contribution is 2.22. The summed E-state index contributed by atoms with van der Waals surface area (Å²) in [6.07, 6.45) is 2.19. The van der Waals surface area contributed by atoms with Crippen LogP contribution in [0.5, 0.6) is 0 Å². The number of carbonyl (C=O) groups is 1. The van der Waals surface area contributed by atoms with Gasteiger partial charge < -0.3 is 10.6 Å². The molecular weight excluding hydrogens is 317 g/mol. The molecule has 1 amide bonds. The van der Waals surface area contributed by atoms with Crippen LogP contribution in [-0.2, 0) is 0 Å². The zero-order valence-corrected chi connectivity index (χ0v) is 12.9. The molecule has 1 aliphatic rings. The van der Waals surface area contributed by atoms with Gasteiger partial charge >= 0.3 is 0 Å². The second kappa shape index (κ2) is 8.17. The molecule has 8 heteroatoms. The van der Waals surface area contributed by atoms with Crippen LogP contribution >= 0.6 is 24.0 Å². The predicted molar refractivity (Wildman–Crippen MR) is 83.3 cm³/mol. The van der Waals surface area contributed by atoms with Crippen molar-refractivity contribution in [3.8, 4) is 0 Å². The summed E-state index contributed by atoms with van der Waals surface area (Å²) in [6, 6.07) is 3.86. The largest absolute Gasteiger partial charge is 0.352 e. The normalized spacial score (nSPS) is 17.7. The number of non-ortho nitro benzene ring substituents is 1. The molecule has 6 nitrogen and oxygen atoms in total. The third kappa shape index (κ3) is 4.84. The topological polar surface area (TPSA) is 84.3 Å². The average molecular weight is 334 g/mol. The first-order chi connectivity index (χ1) is 9.58. The lowest BCUT2D eigenvalue weighted by Crippen LogP contribution is -2.38. The van der Waals surface area contributed by atoms with E-state index in [1.54, 1.807) is 0 Å². The van der Waals surface area contributed by atoms with Gasteiger partial charge in [0.15, 0.2) is 0 Å². The van der Waals surface area contributed by atoms with Crippen LogP contribution in [0, 0.1) is 16.0 Å². The van der Waals surface area contributed by atoms with E-state index in [-0.39, 0.29) is 34.6 Å². The van der Waals surface area contributed by atoms with Gasteiger partial charge in [0, 0.05) is 18.7 Å². The SMILES string of the molecule is Cl.O=C(NCC1CCCNC1)c1ccc([N+](=O)[O-])cc1Cl. The van der Waals surface area contributed by atoms with E-state index in [9.17, 15) is 14.9 Å². The van der Waals surface area contributed by atoms with Crippen LogP contribution in [0.3, 0.4) is 0 Å². The van der Waals surface area contributed by atoms with E-state index < -0.39 is 4.92 Å². The van der Waals surface area contributed by atoms with Crippen molar-refractivity contribution in [2.45, 2.75) is 12.8 Å². The molecule has 1 aromatic carbocycles. The van der Waals surface area contributed by atoms with E-state index >= 15 is 0 Å². The lowest BCUT2D eigenvalue weighted by atomic mass is 9.99. The summed E-state index contributed by atoms with van der Waals surface area (Å²) in [7, 11) is 0. The average Bonchev–Trinajstić information content (AvgIpc) is 2.45. The highest BCUT2D eigenvalue weighted by atomic mass is 35.5.